The summed E-state index contributed by atoms with van der Waals surface area (Å²) in [6.07, 6.45) is 0.136. The van der Waals surface area contributed by atoms with E-state index in [-0.39, 0.29) is 18.4 Å². The predicted molar refractivity (Wildman–Crippen MR) is 112 cm³/mol. The van der Waals surface area contributed by atoms with Gasteiger partial charge in [0.2, 0.25) is 5.91 Å². The van der Waals surface area contributed by atoms with Gasteiger partial charge in [0.05, 0.1) is 22.3 Å². The Morgan fingerprint density at radius 3 is 2.64 bits per heavy atom. The number of rotatable bonds is 4. The Hall–Kier alpha value is -2.56. The molecule has 8 nitrogen and oxygen atoms in total. The molecule has 0 atom stereocenters. The van der Waals surface area contributed by atoms with Crippen molar-refractivity contribution in [3.05, 3.63) is 35.3 Å². The lowest BCUT2D eigenvalue weighted by Crippen LogP contribution is -2.48. The number of fused-ring (bicyclic) bond motifs is 1. The van der Waals surface area contributed by atoms with Crippen LogP contribution in [0.3, 0.4) is 0 Å². The number of urea groups is 1. The average molecular weight is 417 g/mol. The van der Waals surface area contributed by atoms with Crippen LogP contribution in [0.4, 0.5) is 15.1 Å². The minimum atomic E-state index is -0.179. The van der Waals surface area contributed by atoms with Gasteiger partial charge in [-0.15, -0.1) is 11.3 Å². The molecule has 0 aliphatic carbocycles. The van der Waals surface area contributed by atoms with Gasteiger partial charge in [0.15, 0.2) is 10.3 Å². The summed E-state index contributed by atoms with van der Waals surface area (Å²) < 4.78 is 1.03. The fourth-order valence-corrected chi connectivity index (χ4v) is 4.46. The number of nitrogens with one attached hydrogen (secondary N) is 2. The smallest absolute Gasteiger partial charge is 0.322 e. The standard InChI is InChI=1S/C18H20N6O2S2/c1-23-6-8-24(9-7-23)18(26)22-16-19-12(11-27-16)10-15(25)21-17-20-13-4-2-3-5-14(13)28-17/h2-5,11H,6-10H2,1H3,(H,19,22,26)(H,20,21,25). The van der Waals surface area contributed by atoms with Crippen LogP contribution >= 0.6 is 22.7 Å². The summed E-state index contributed by atoms with van der Waals surface area (Å²) in [6.45, 7) is 3.13. The van der Waals surface area contributed by atoms with Crippen LogP contribution in [0.15, 0.2) is 29.6 Å². The number of likely N-dealkylation sites (N-methyl/N-ethyl adjacent to an activating group) is 1. The molecule has 1 aliphatic rings. The number of carbonyl (C=O) groups is 2. The highest BCUT2D eigenvalue weighted by Crippen LogP contribution is 2.25. The van der Waals surface area contributed by atoms with Crippen molar-refractivity contribution in [1.29, 1.82) is 0 Å². The van der Waals surface area contributed by atoms with Gasteiger partial charge in [-0.3, -0.25) is 10.1 Å². The zero-order valence-corrected chi connectivity index (χ0v) is 17.0. The lowest BCUT2D eigenvalue weighted by Gasteiger charge is -2.32. The second-order valence-corrected chi connectivity index (χ2v) is 8.46. The molecular weight excluding hydrogens is 396 g/mol. The maximum Gasteiger partial charge on any atom is 0.323 e. The van der Waals surface area contributed by atoms with Gasteiger partial charge in [-0.05, 0) is 19.2 Å². The molecule has 3 amide bonds. The second kappa shape index (κ2) is 8.21. The third-order valence-corrected chi connectivity index (χ3v) is 6.20. The molecule has 1 fully saturated rings. The lowest BCUT2D eigenvalue weighted by atomic mass is 10.3. The number of piperazine rings is 1. The van der Waals surface area contributed by atoms with Crippen LogP contribution in [0.25, 0.3) is 10.2 Å². The third kappa shape index (κ3) is 4.46. The molecule has 0 unspecified atom stereocenters. The summed E-state index contributed by atoms with van der Waals surface area (Å²) in [5.74, 6) is -0.179. The summed E-state index contributed by atoms with van der Waals surface area (Å²) in [6, 6.07) is 7.60. The Morgan fingerprint density at radius 1 is 1.07 bits per heavy atom. The van der Waals surface area contributed by atoms with E-state index in [0.717, 1.165) is 23.3 Å². The number of benzene rings is 1. The van der Waals surface area contributed by atoms with E-state index < -0.39 is 0 Å². The molecule has 146 valence electrons. The summed E-state index contributed by atoms with van der Waals surface area (Å²) in [5, 5.41) is 8.51. The summed E-state index contributed by atoms with van der Waals surface area (Å²) in [5.41, 5.74) is 1.49. The number of thiazole rings is 2. The third-order valence-electron chi connectivity index (χ3n) is 4.44. The van der Waals surface area contributed by atoms with Crippen LogP contribution in [0, 0.1) is 0 Å². The van der Waals surface area contributed by atoms with Crippen molar-refractivity contribution in [2.75, 3.05) is 43.9 Å². The van der Waals surface area contributed by atoms with Crippen molar-refractivity contribution in [3.63, 3.8) is 0 Å². The van der Waals surface area contributed by atoms with Gasteiger partial charge >= 0.3 is 6.03 Å². The van der Waals surface area contributed by atoms with Gasteiger partial charge in [0.25, 0.3) is 0 Å². The highest BCUT2D eigenvalue weighted by atomic mass is 32.1. The van der Waals surface area contributed by atoms with Gasteiger partial charge in [-0.2, -0.15) is 0 Å². The average Bonchev–Trinajstić information content (AvgIpc) is 3.28. The molecule has 10 heteroatoms. The molecule has 2 N–H and O–H groups in total. The first kappa shape index (κ1) is 18.8. The maximum atomic E-state index is 12.3. The monoisotopic (exact) mass is 416 g/mol. The number of amides is 3. The molecule has 4 rings (SSSR count). The van der Waals surface area contributed by atoms with E-state index in [2.05, 4.69) is 25.5 Å². The molecule has 2 aromatic heterocycles. The largest absolute Gasteiger partial charge is 0.323 e. The Labute approximate surface area is 170 Å². The zero-order chi connectivity index (χ0) is 19.5. The number of anilines is 2. The van der Waals surface area contributed by atoms with Gasteiger partial charge in [-0.1, -0.05) is 23.5 Å². The maximum absolute atomic E-state index is 12.3. The first-order chi connectivity index (χ1) is 13.6. The minimum Gasteiger partial charge on any atom is -0.322 e. The first-order valence-corrected chi connectivity index (χ1v) is 10.6. The zero-order valence-electron chi connectivity index (χ0n) is 15.3. The number of carbonyl (C=O) groups excluding carboxylic acids is 2. The van der Waals surface area contributed by atoms with Crippen molar-refractivity contribution in [1.82, 2.24) is 19.8 Å². The van der Waals surface area contributed by atoms with E-state index in [1.165, 1.54) is 22.7 Å². The Balaban J connectivity index is 1.31. The number of nitrogens with zero attached hydrogens (tertiary/aromatic N) is 4. The summed E-state index contributed by atoms with van der Waals surface area (Å²) in [4.78, 5) is 37.3. The van der Waals surface area contributed by atoms with Gasteiger partial charge in [-0.25, -0.2) is 14.8 Å². The van der Waals surface area contributed by atoms with E-state index >= 15 is 0 Å². The molecule has 3 aromatic rings. The van der Waals surface area contributed by atoms with Gasteiger partial charge < -0.3 is 15.1 Å². The van der Waals surface area contributed by atoms with E-state index in [0.29, 0.717) is 29.0 Å². The predicted octanol–water partition coefficient (Wildman–Crippen LogP) is 2.71. The van der Waals surface area contributed by atoms with Crippen LogP contribution in [-0.4, -0.2) is 64.9 Å². The van der Waals surface area contributed by atoms with Gasteiger partial charge in [0, 0.05) is 31.6 Å². The summed E-state index contributed by atoms with van der Waals surface area (Å²) in [7, 11) is 2.04. The van der Waals surface area contributed by atoms with Crippen molar-refractivity contribution < 1.29 is 9.59 Å². The molecule has 0 spiro atoms. The molecule has 0 bridgehead atoms. The molecule has 1 aliphatic heterocycles. The SMILES string of the molecule is CN1CCN(C(=O)Nc2nc(CC(=O)Nc3nc4ccccc4s3)cs2)CC1. The number of hydrogen-bond donors (Lipinski definition) is 2. The van der Waals surface area contributed by atoms with E-state index in [1.54, 1.807) is 10.3 Å². The number of hydrogen-bond acceptors (Lipinski definition) is 7. The van der Waals surface area contributed by atoms with Crippen LogP contribution in [0.5, 0.6) is 0 Å². The highest BCUT2D eigenvalue weighted by Gasteiger charge is 2.20. The van der Waals surface area contributed by atoms with Gasteiger partial charge in [0.1, 0.15) is 0 Å². The molecule has 1 aromatic carbocycles. The quantitative estimate of drug-likeness (QED) is 0.683. The molecular formula is C18H20N6O2S2. The van der Waals surface area contributed by atoms with Crippen molar-refractivity contribution in [3.8, 4) is 0 Å². The Kier molecular flexibility index (Phi) is 5.51. The van der Waals surface area contributed by atoms with Crippen molar-refractivity contribution in [2.24, 2.45) is 0 Å². The van der Waals surface area contributed by atoms with Crippen molar-refractivity contribution >= 4 is 55.1 Å². The molecule has 3 heterocycles. The second-order valence-electron chi connectivity index (χ2n) is 6.58. The molecule has 0 radical (unpaired) electrons. The van der Waals surface area contributed by atoms with E-state index in [1.807, 2.05) is 31.3 Å². The van der Waals surface area contributed by atoms with E-state index in [4.69, 9.17) is 0 Å². The Bertz CT molecular complexity index is 960. The molecule has 0 saturated carbocycles. The normalized spacial score (nSPS) is 15.0. The number of para-hydroxylation sites is 1. The topological polar surface area (TPSA) is 90.5 Å². The van der Waals surface area contributed by atoms with Crippen LogP contribution in [0.1, 0.15) is 5.69 Å². The van der Waals surface area contributed by atoms with Crippen LogP contribution in [0.2, 0.25) is 0 Å². The molecule has 28 heavy (non-hydrogen) atoms. The first-order valence-electron chi connectivity index (χ1n) is 8.91. The van der Waals surface area contributed by atoms with Crippen LogP contribution < -0.4 is 10.6 Å². The minimum absolute atomic E-state index is 0.136. The fourth-order valence-electron chi connectivity index (χ4n) is 2.88. The van der Waals surface area contributed by atoms with Crippen molar-refractivity contribution in [2.45, 2.75) is 6.42 Å². The fraction of sp³-hybridized carbons (Fsp3) is 0.333. The molecule has 1 saturated heterocycles. The lowest BCUT2D eigenvalue weighted by molar-refractivity contribution is -0.115. The van der Waals surface area contributed by atoms with E-state index in [9.17, 15) is 9.59 Å². The number of aromatic nitrogens is 2. The summed E-state index contributed by atoms with van der Waals surface area (Å²) >= 11 is 2.76. The Morgan fingerprint density at radius 2 is 1.86 bits per heavy atom. The van der Waals surface area contributed by atoms with Crippen LogP contribution in [-0.2, 0) is 11.2 Å². The highest BCUT2D eigenvalue weighted by molar-refractivity contribution is 7.22.